The topological polar surface area (TPSA) is 85.7 Å². The van der Waals surface area contributed by atoms with Crippen LogP contribution in [0.2, 0.25) is 0 Å². The summed E-state index contributed by atoms with van der Waals surface area (Å²) in [6.45, 7) is 3.85. The highest BCUT2D eigenvalue weighted by Gasteiger charge is 2.38. The molecule has 0 bridgehead atoms. The van der Waals surface area contributed by atoms with Gasteiger partial charge in [0, 0.05) is 22.7 Å². The van der Waals surface area contributed by atoms with Gasteiger partial charge < -0.3 is 14.8 Å². The van der Waals surface area contributed by atoms with Gasteiger partial charge in [-0.1, -0.05) is 55.5 Å². The minimum Gasteiger partial charge on any atom is -0.497 e. The van der Waals surface area contributed by atoms with E-state index >= 15 is 0 Å². The quantitative estimate of drug-likeness (QED) is 0.280. The molecule has 4 aromatic rings. The highest BCUT2D eigenvalue weighted by atomic mass is 32.2. The second kappa shape index (κ2) is 12.5. The van der Waals surface area contributed by atoms with E-state index in [1.54, 1.807) is 23.8 Å². The molecule has 0 unspecified atom stereocenters. The number of carbonyl (C=O) groups is 2. The van der Waals surface area contributed by atoms with E-state index in [2.05, 4.69) is 5.32 Å². The third-order valence-electron chi connectivity index (χ3n) is 7.20. The second-order valence-corrected chi connectivity index (χ2v) is 10.9. The number of nitrogens with zero attached hydrogens (tertiary/aromatic N) is 3. The van der Waals surface area contributed by atoms with Gasteiger partial charge in [-0.2, -0.15) is 5.10 Å². The molecule has 1 aromatic heterocycles. The lowest BCUT2D eigenvalue weighted by Gasteiger charge is -2.24. The third kappa shape index (κ3) is 5.81. The van der Waals surface area contributed by atoms with E-state index < -0.39 is 0 Å². The average molecular weight is 571 g/mol. The SMILES string of the molecule is CC[C@@H](C)NC(=O)CN1C(=O)CS[C@H](c2ccccc2OC)c2c(-c3ccccc3)nn(-c3ccc(OC)cc3)c21. The maximum Gasteiger partial charge on any atom is 0.240 e. The van der Waals surface area contributed by atoms with Crippen molar-refractivity contribution in [1.82, 2.24) is 15.1 Å². The molecular weight excluding hydrogens is 536 g/mol. The first kappa shape index (κ1) is 28.3. The zero-order valence-corrected chi connectivity index (χ0v) is 24.5. The number of nitrogens with one attached hydrogen (secondary N) is 1. The number of para-hydroxylation sites is 1. The predicted octanol–water partition coefficient (Wildman–Crippen LogP) is 5.64. The number of hydrogen-bond acceptors (Lipinski definition) is 6. The second-order valence-electron chi connectivity index (χ2n) is 9.85. The number of carbonyl (C=O) groups excluding carboxylic acids is 2. The molecule has 5 rings (SSSR count). The van der Waals surface area contributed by atoms with Crippen LogP contribution in [0.5, 0.6) is 11.5 Å². The summed E-state index contributed by atoms with van der Waals surface area (Å²) in [6.07, 6.45) is 0.790. The minimum atomic E-state index is -0.282. The monoisotopic (exact) mass is 570 g/mol. The van der Waals surface area contributed by atoms with Crippen LogP contribution in [0.15, 0.2) is 78.9 Å². The fourth-order valence-corrected chi connectivity index (χ4v) is 6.15. The van der Waals surface area contributed by atoms with Crippen molar-refractivity contribution in [2.45, 2.75) is 31.6 Å². The molecule has 9 heteroatoms. The number of hydrogen-bond donors (Lipinski definition) is 1. The summed E-state index contributed by atoms with van der Waals surface area (Å²) in [5.41, 5.74) is 4.18. The molecule has 0 radical (unpaired) electrons. The molecule has 8 nitrogen and oxygen atoms in total. The lowest BCUT2D eigenvalue weighted by molar-refractivity contribution is -0.123. The molecule has 1 aliphatic heterocycles. The minimum absolute atomic E-state index is 0.00821. The van der Waals surface area contributed by atoms with Gasteiger partial charge in [-0.15, -0.1) is 11.8 Å². The van der Waals surface area contributed by atoms with E-state index in [1.807, 2.05) is 92.7 Å². The highest BCUT2D eigenvalue weighted by Crippen LogP contribution is 2.50. The Morgan fingerprint density at radius 1 is 1.02 bits per heavy atom. The van der Waals surface area contributed by atoms with Crippen molar-refractivity contribution in [1.29, 1.82) is 0 Å². The third-order valence-corrected chi connectivity index (χ3v) is 8.43. The first-order chi connectivity index (χ1) is 19.9. The Morgan fingerprint density at radius 3 is 2.41 bits per heavy atom. The van der Waals surface area contributed by atoms with E-state index in [0.717, 1.165) is 40.2 Å². The summed E-state index contributed by atoms with van der Waals surface area (Å²) >= 11 is 1.51. The fraction of sp³-hybridized carbons (Fsp3) is 0.281. The van der Waals surface area contributed by atoms with Crippen LogP contribution in [-0.4, -0.2) is 54.2 Å². The largest absolute Gasteiger partial charge is 0.497 e. The molecule has 0 saturated heterocycles. The molecule has 0 saturated carbocycles. The summed E-state index contributed by atoms with van der Waals surface area (Å²) in [6, 6.07) is 25.3. The van der Waals surface area contributed by atoms with Crippen molar-refractivity contribution < 1.29 is 19.1 Å². The summed E-state index contributed by atoms with van der Waals surface area (Å²) < 4.78 is 12.9. The van der Waals surface area contributed by atoms with Crippen molar-refractivity contribution >= 4 is 29.4 Å². The Hall–Kier alpha value is -4.24. The summed E-state index contributed by atoms with van der Waals surface area (Å²) in [5.74, 6) is 1.80. The Balaban J connectivity index is 1.79. The number of thioether (sulfide) groups is 1. The van der Waals surface area contributed by atoms with Crippen LogP contribution in [0.3, 0.4) is 0 Å². The van der Waals surface area contributed by atoms with Gasteiger partial charge >= 0.3 is 0 Å². The number of anilines is 1. The lowest BCUT2D eigenvalue weighted by atomic mass is 9.99. The Kier molecular flexibility index (Phi) is 8.64. The molecule has 0 aliphatic carbocycles. The summed E-state index contributed by atoms with van der Waals surface area (Å²) in [4.78, 5) is 28.7. The van der Waals surface area contributed by atoms with Gasteiger partial charge in [0.05, 0.1) is 36.6 Å². The number of amides is 2. The van der Waals surface area contributed by atoms with Gasteiger partial charge in [-0.25, -0.2) is 4.68 Å². The number of ether oxygens (including phenoxy) is 2. The maximum atomic E-state index is 13.9. The molecular formula is C32H34N4O4S. The smallest absolute Gasteiger partial charge is 0.240 e. The molecule has 2 heterocycles. The molecule has 3 aromatic carbocycles. The van der Waals surface area contributed by atoms with Crippen molar-refractivity contribution in [3.05, 3.63) is 90.0 Å². The highest BCUT2D eigenvalue weighted by molar-refractivity contribution is 8.00. The van der Waals surface area contributed by atoms with E-state index in [4.69, 9.17) is 14.6 Å². The maximum absolute atomic E-state index is 13.9. The molecule has 2 amide bonds. The average Bonchev–Trinajstić information content (AvgIpc) is 3.34. The van der Waals surface area contributed by atoms with Gasteiger partial charge in [0.15, 0.2) is 0 Å². The van der Waals surface area contributed by atoms with Gasteiger partial charge in [0.1, 0.15) is 23.9 Å². The first-order valence-corrected chi connectivity index (χ1v) is 14.7. The molecule has 1 aliphatic rings. The van der Waals surface area contributed by atoms with Gasteiger partial charge in [0.25, 0.3) is 0 Å². The number of rotatable bonds is 9. The zero-order chi connectivity index (χ0) is 28.9. The number of methoxy groups -OCH3 is 2. The first-order valence-electron chi connectivity index (χ1n) is 13.6. The van der Waals surface area contributed by atoms with Gasteiger partial charge in [-0.05, 0) is 43.7 Å². The standard InChI is InChI=1S/C32H34N4O4S/c1-5-21(2)33-27(37)19-35-28(38)20-41-31(25-13-9-10-14-26(25)40-4)29-30(22-11-7-6-8-12-22)34-36(32(29)35)23-15-17-24(39-3)18-16-23/h6-18,21,31H,5,19-20H2,1-4H3,(H,33,37)/t21-,31-/m1/s1. The van der Waals surface area contributed by atoms with Crippen LogP contribution in [0.25, 0.3) is 16.9 Å². The van der Waals surface area contributed by atoms with Crippen LogP contribution in [0.1, 0.15) is 36.6 Å². The zero-order valence-electron chi connectivity index (χ0n) is 23.7. The fourth-order valence-electron chi connectivity index (χ4n) is 4.93. The van der Waals surface area contributed by atoms with Crippen molar-refractivity contribution in [2.75, 3.05) is 31.4 Å². The van der Waals surface area contributed by atoms with E-state index in [0.29, 0.717) is 11.6 Å². The van der Waals surface area contributed by atoms with Crippen LogP contribution in [-0.2, 0) is 9.59 Å². The van der Waals surface area contributed by atoms with E-state index in [9.17, 15) is 9.59 Å². The number of benzene rings is 3. The van der Waals surface area contributed by atoms with Crippen molar-refractivity contribution in [2.24, 2.45) is 0 Å². The van der Waals surface area contributed by atoms with Crippen LogP contribution in [0, 0.1) is 0 Å². The number of aromatic nitrogens is 2. The van der Waals surface area contributed by atoms with Crippen LogP contribution >= 0.6 is 11.8 Å². The Bertz CT molecular complexity index is 1520. The summed E-state index contributed by atoms with van der Waals surface area (Å²) in [5, 5.41) is 7.86. The number of fused-ring (bicyclic) bond motifs is 1. The normalized spacial score (nSPS) is 15.6. The molecule has 1 N–H and O–H groups in total. The van der Waals surface area contributed by atoms with Crippen molar-refractivity contribution in [3.8, 4) is 28.4 Å². The Labute approximate surface area is 244 Å². The molecule has 0 fully saturated rings. The predicted molar refractivity (Wildman–Crippen MR) is 163 cm³/mol. The van der Waals surface area contributed by atoms with Crippen LogP contribution < -0.4 is 19.7 Å². The summed E-state index contributed by atoms with van der Waals surface area (Å²) in [7, 11) is 3.27. The molecule has 212 valence electrons. The van der Waals surface area contributed by atoms with Crippen molar-refractivity contribution in [3.63, 3.8) is 0 Å². The van der Waals surface area contributed by atoms with Gasteiger partial charge in [-0.3, -0.25) is 14.5 Å². The van der Waals surface area contributed by atoms with E-state index in [1.165, 1.54) is 11.8 Å². The molecule has 41 heavy (non-hydrogen) atoms. The lowest BCUT2D eigenvalue weighted by Crippen LogP contribution is -2.44. The molecule has 2 atom stereocenters. The van der Waals surface area contributed by atoms with E-state index in [-0.39, 0.29) is 35.4 Å². The Morgan fingerprint density at radius 2 is 1.73 bits per heavy atom. The van der Waals surface area contributed by atoms with Gasteiger partial charge in [0.2, 0.25) is 11.8 Å². The van der Waals surface area contributed by atoms with Crippen LogP contribution in [0.4, 0.5) is 5.82 Å². The molecule has 0 spiro atoms.